The van der Waals surface area contributed by atoms with Gasteiger partial charge in [-0.2, -0.15) is 0 Å². The average molecular weight is 212 g/mol. The van der Waals surface area contributed by atoms with Crippen molar-refractivity contribution in [2.75, 3.05) is 13.1 Å². The van der Waals surface area contributed by atoms with Gasteiger partial charge in [0.15, 0.2) is 0 Å². The van der Waals surface area contributed by atoms with E-state index in [1.165, 1.54) is 12.8 Å². The van der Waals surface area contributed by atoms with Gasteiger partial charge in [0.1, 0.15) is 0 Å². The van der Waals surface area contributed by atoms with Crippen LogP contribution < -0.4 is 10.6 Å². The zero-order chi connectivity index (χ0) is 11.3. The largest absolute Gasteiger partial charge is 0.352 e. The summed E-state index contributed by atoms with van der Waals surface area (Å²) in [5, 5.41) is 6.25. The van der Waals surface area contributed by atoms with E-state index in [4.69, 9.17) is 0 Å². The molecule has 1 rings (SSSR count). The second kappa shape index (κ2) is 5.50. The van der Waals surface area contributed by atoms with E-state index < -0.39 is 0 Å². The number of amides is 1. The predicted molar refractivity (Wildman–Crippen MR) is 62.7 cm³/mol. The molecule has 1 amide bonds. The summed E-state index contributed by atoms with van der Waals surface area (Å²) in [7, 11) is 0. The number of carbonyl (C=O) groups excluding carboxylic acids is 1. The van der Waals surface area contributed by atoms with Crippen LogP contribution in [0.15, 0.2) is 0 Å². The molecule has 2 N–H and O–H groups in total. The van der Waals surface area contributed by atoms with Crippen molar-refractivity contribution in [2.24, 2.45) is 5.41 Å². The third kappa shape index (κ3) is 3.82. The molecular weight excluding hydrogens is 188 g/mol. The van der Waals surface area contributed by atoms with Crippen LogP contribution in [0.25, 0.3) is 0 Å². The van der Waals surface area contributed by atoms with Crippen LogP contribution in [0.3, 0.4) is 0 Å². The molecule has 15 heavy (non-hydrogen) atoms. The summed E-state index contributed by atoms with van der Waals surface area (Å²) in [6.07, 6.45) is 4.66. The van der Waals surface area contributed by atoms with Crippen molar-refractivity contribution in [3.63, 3.8) is 0 Å². The lowest BCUT2D eigenvalue weighted by Crippen LogP contribution is -2.45. The second-order valence-electron chi connectivity index (χ2n) is 5.18. The van der Waals surface area contributed by atoms with Gasteiger partial charge in [0.05, 0.1) is 6.54 Å². The number of carbonyl (C=O) groups is 1. The van der Waals surface area contributed by atoms with Crippen LogP contribution in [0.4, 0.5) is 0 Å². The van der Waals surface area contributed by atoms with E-state index in [1.54, 1.807) is 0 Å². The third-order valence-electron chi connectivity index (χ3n) is 3.30. The van der Waals surface area contributed by atoms with Gasteiger partial charge in [-0.05, 0) is 31.2 Å². The summed E-state index contributed by atoms with van der Waals surface area (Å²) in [5.74, 6) is 0.142. The number of hydrogen-bond donors (Lipinski definition) is 2. The van der Waals surface area contributed by atoms with Crippen molar-refractivity contribution < 1.29 is 4.79 Å². The minimum absolute atomic E-state index is 0.142. The Morgan fingerprint density at radius 2 is 2.20 bits per heavy atom. The third-order valence-corrected chi connectivity index (χ3v) is 3.30. The summed E-state index contributed by atoms with van der Waals surface area (Å²) in [6, 6.07) is 0.369. The Morgan fingerprint density at radius 1 is 1.47 bits per heavy atom. The zero-order valence-corrected chi connectivity index (χ0v) is 10.2. The van der Waals surface area contributed by atoms with E-state index in [9.17, 15) is 4.79 Å². The van der Waals surface area contributed by atoms with Gasteiger partial charge in [0.25, 0.3) is 0 Å². The maximum atomic E-state index is 11.6. The van der Waals surface area contributed by atoms with Crippen LogP contribution >= 0.6 is 0 Å². The van der Waals surface area contributed by atoms with Crippen LogP contribution in [-0.4, -0.2) is 25.0 Å². The molecule has 0 spiro atoms. The number of rotatable bonds is 5. The normalized spacial score (nSPS) is 24.1. The van der Waals surface area contributed by atoms with E-state index >= 15 is 0 Å². The lowest BCUT2D eigenvalue weighted by molar-refractivity contribution is -0.121. The van der Waals surface area contributed by atoms with Gasteiger partial charge in [0.2, 0.25) is 5.91 Å². The lowest BCUT2D eigenvalue weighted by atomic mass is 9.87. The molecule has 0 aromatic rings. The fraction of sp³-hybridized carbons (Fsp3) is 0.917. The molecule has 1 unspecified atom stereocenters. The highest BCUT2D eigenvalue weighted by molar-refractivity contribution is 5.78. The number of nitrogens with one attached hydrogen (secondary N) is 2. The summed E-state index contributed by atoms with van der Waals surface area (Å²) in [6.45, 7) is 7.96. The molecule has 1 aliphatic rings. The molecule has 1 fully saturated rings. The van der Waals surface area contributed by atoms with Crippen LogP contribution in [0.2, 0.25) is 0 Å². The van der Waals surface area contributed by atoms with E-state index in [-0.39, 0.29) is 11.3 Å². The standard InChI is InChI=1S/C12H24N2O/c1-4-8-13-9-11(15)14-10-6-5-7-12(10,2)3/h10,13H,4-9H2,1-3H3,(H,14,15). The molecule has 0 saturated heterocycles. The van der Waals surface area contributed by atoms with Crippen molar-refractivity contribution in [1.82, 2.24) is 10.6 Å². The van der Waals surface area contributed by atoms with E-state index in [0.29, 0.717) is 12.6 Å². The molecule has 3 nitrogen and oxygen atoms in total. The minimum atomic E-state index is 0.142. The van der Waals surface area contributed by atoms with Gasteiger partial charge in [-0.1, -0.05) is 27.2 Å². The SMILES string of the molecule is CCCNCC(=O)NC1CCCC1(C)C. The van der Waals surface area contributed by atoms with Crippen molar-refractivity contribution in [3.8, 4) is 0 Å². The van der Waals surface area contributed by atoms with Gasteiger partial charge in [-0.15, -0.1) is 0 Å². The fourth-order valence-electron chi connectivity index (χ4n) is 2.22. The van der Waals surface area contributed by atoms with Crippen LogP contribution in [-0.2, 0) is 4.79 Å². The van der Waals surface area contributed by atoms with Gasteiger partial charge in [-0.3, -0.25) is 4.79 Å². The first-order valence-corrected chi connectivity index (χ1v) is 6.06. The molecule has 1 saturated carbocycles. The molecule has 0 aliphatic heterocycles. The van der Waals surface area contributed by atoms with E-state index in [1.807, 2.05) is 0 Å². The Hall–Kier alpha value is -0.570. The number of hydrogen-bond acceptors (Lipinski definition) is 2. The summed E-state index contributed by atoms with van der Waals surface area (Å²) in [4.78, 5) is 11.6. The smallest absolute Gasteiger partial charge is 0.234 e. The highest BCUT2D eigenvalue weighted by Crippen LogP contribution is 2.36. The lowest BCUT2D eigenvalue weighted by Gasteiger charge is -2.27. The summed E-state index contributed by atoms with van der Waals surface area (Å²) >= 11 is 0. The molecule has 3 heteroatoms. The first-order valence-electron chi connectivity index (χ1n) is 6.06. The zero-order valence-electron chi connectivity index (χ0n) is 10.2. The van der Waals surface area contributed by atoms with Crippen LogP contribution in [0.1, 0.15) is 46.5 Å². The van der Waals surface area contributed by atoms with E-state index in [0.717, 1.165) is 19.4 Å². The highest BCUT2D eigenvalue weighted by atomic mass is 16.2. The predicted octanol–water partition coefficient (Wildman–Crippen LogP) is 1.68. The van der Waals surface area contributed by atoms with Crippen molar-refractivity contribution in [2.45, 2.75) is 52.5 Å². The van der Waals surface area contributed by atoms with E-state index in [2.05, 4.69) is 31.4 Å². The Balaban J connectivity index is 2.25. The Bertz CT molecular complexity index is 214. The molecular formula is C12H24N2O. The minimum Gasteiger partial charge on any atom is -0.352 e. The highest BCUT2D eigenvalue weighted by Gasteiger charge is 2.35. The molecule has 1 atom stereocenters. The Morgan fingerprint density at radius 3 is 2.73 bits per heavy atom. The Labute approximate surface area is 93.0 Å². The van der Waals surface area contributed by atoms with Gasteiger partial charge >= 0.3 is 0 Å². The molecule has 1 aliphatic carbocycles. The summed E-state index contributed by atoms with van der Waals surface area (Å²) < 4.78 is 0. The van der Waals surface area contributed by atoms with Gasteiger partial charge < -0.3 is 10.6 Å². The van der Waals surface area contributed by atoms with Crippen molar-refractivity contribution >= 4 is 5.91 Å². The first-order chi connectivity index (χ1) is 7.06. The molecule has 0 heterocycles. The Kier molecular flexibility index (Phi) is 4.58. The summed E-state index contributed by atoms with van der Waals surface area (Å²) in [5.41, 5.74) is 0.278. The quantitative estimate of drug-likeness (QED) is 0.681. The first kappa shape index (κ1) is 12.5. The molecule has 0 aromatic carbocycles. The van der Waals surface area contributed by atoms with Crippen molar-refractivity contribution in [1.29, 1.82) is 0 Å². The fourth-order valence-corrected chi connectivity index (χ4v) is 2.22. The maximum absolute atomic E-state index is 11.6. The van der Waals surface area contributed by atoms with Crippen molar-refractivity contribution in [3.05, 3.63) is 0 Å². The van der Waals surface area contributed by atoms with Crippen LogP contribution in [0, 0.1) is 5.41 Å². The molecule has 88 valence electrons. The van der Waals surface area contributed by atoms with Gasteiger partial charge in [0, 0.05) is 6.04 Å². The van der Waals surface area contributed by atoms with Gasteiger partial charge in [-0.25, -0.2) is 0 Å². The molecule has 0 radical (unpaired) electrons. The second-order valence-corrected chi connectivity index (χ2v) is 5.18. The monoisotopic (exact) mass is 212 g/mol. The maximum Gasteiger partial charge on any atom is 0.234 e. The van der Waals surface area contributed by atoms with Crippen LogP contribution in [0.5, 0.6) is 0 Å². The average Bonchev–Trinajstić information content (AvgIpc) is 2.46. The topological polar surface area (TPSA) is 41.1 Å². The molecule has 0 aromatic heterocycles. The molecule has 0 bridgehead atoms.